The number of halogens is 2. The lowest BCUT2D eigenvalue weighted by atomic mass is 10.0. The Hall–Kier alpha value is -4.97. The number of methoxy groups -OCH3 is 2. The molecular formula is C35H37F2N3O6S. The van der Waals surface area contributed by atoms with Crippen LogP contribution in [0.1, 0.15) is 24.5 Å². The van der Waals surface area contributed by atoms with Gasteiger partial charge in [-0.3, -0.25) is 13.9 Å². The molecular weight excluding hydrogens is 628 g/mol. The third-order valence-corrected chi connectivity index (χ3v) is 9.19. The van der Waals surface area contributed by atoms with Crippen LogP contribution in [-0.2, 0) is 32.6 Å². The molecule has 0 bridgehead atoms. The average molecular weight is 666 g/mol. The SMILES string of the molecule is CCCNC(=O)C(Cc1ccccc1)N(Cc1ccc(F)cc1)C(=O)CN(c1ccc(F)cc1)S(=O)(=O)c1ccc(OC)c(OC)c1. The van der Waals surface area contributed by atoms with Crippen molar-refractivity contribution in [3.8, 4) is 11.5 Å². The van der Waals surface area contributed by atoms with Gasteiger partial charge in [0.2, 0.25) is 11.8 Å². The highest BCUT2D eigenvalue weighted by atomic mass is 32.2. The number of hydrogen-bond donors (Lipinski definition) is 1. The van der Waals surface area contributed by atoms with E-state index in [4.69, 9.17) is 9.47 Å². The van der Waals surface area contributed by atoms with Crippen molar-refractivity contribution < 1.29 is 36.3 Å². The van der Waals surface area contributed by atoms with Crippen LogP contribution in [0.3, 0.4) is 0 Å². The van der Waals surface area contributed by atoms with Crippen molar-refractivity contribution in [1.82, 2.24) is 10.2 Å². The fraction of sp³-hybridized carbons (Fsp3) is 0.257. The fourth-order valence-electron chi connectivity index (χ4n) is 4.95. The highest BCUT2D eigenvalue weighted by molar-refractivity contribution is 7.92. The van der Waals surface area contributed by atoms with E-state index in [9.17, 15) is 26.8 Å². The maximum Gasteiger partial charge on any atom is 0.264 e. The number of hydrogen-bond acceptors (Lipinski definition) is 6. The first-order chi connectivity index (χ1) is 22.6. The molecule has 0 aliphatic carbocycles. The average Bonchev–Trinajstić information content (AvgIpc) is 3.08. The van der Waals surface area contributed by atoms with E-state index < -0.39 is 46.1 Å². The van der Waals surface area contributed by atoms with E-state index in [-0.39, 0.29) is 29.3 Å². The Kier molecular flexibility index (Phi) is 11.9. The van der Waals surface area contributed by atoms with Gasteiger partial charge in [0, 0.05) is 25.6 Å². The minimum atomic E-state index is -4.47. The van der Waals surface area contributed by atoms with Gasteiger partial charge in [-0.05, 0) is 66.1 Å². The summed E-state index contributed by atoms with van der Waals surface area (Å²) < 4.78 is 67.6. The van der Waals surface area contributed by atoms with E-state index in [1.165, 1.54) is 73.7 Å². The summed E-state index contributed by atoms with van der Waals surface area (Å²) in [7, 11) is -1.70. The Morgan fingerprint density at radius 2 is 1.43 bits per heavy atom. The van der Waals surface area contributed by atoms with Crippen molar-refractivity contribution in [3.63, 3.8) is 0 Å². The largest absolute Gasteiger partial charge is 0.493 e. The minimum absolute atomic E-state index is 0.0197. The van der Waals surface area contributed by atoms with Crippen LogP contribution >= 0.6 is 0 Å². The van der Waals surface area contributed by atoms with E-state index in [0.717, 1.165) is 22.0 Å². The van der Waals surface area contributed by atoms with Gasteiger partial charge in [-0.25, -0.2) is 17.2 Å². The summed E-state index contributed by atoms with van der Waals surface area (Å²) in [6, 6.07) is 22.2. The molecule has 248 valence electrons. The molecule has 47 heavy (non-hydrogen) atoms. The first-order valence-corrected chi connectivity index (χ1v) is 16.4. The predicted molar refractivity (Wildman–Crippen MR) is 175 cm³/mol. The van der Waals surface area contributed by atoms with E-state index >= 15 is 0 Å². The van der Waals surface area contributed by atoms with Gasteiger partial charge >= 0.3 is 0 Å². The van der Waals surface area contributed by atoms with E-state index in [2.05, 4.69) is 5.32 Å². The summed E-state index contributed by atoms with van der Waals surface area (Å²) in [4.78, 5) is 29.2. The Labute approximate surface area is 273 Å². The van der Waals surface area contributed by atoms with Crippen LogP contribution in [0.5, 0.6) is 11.5 Å². The standard InChI is InChI=1S/C35H37F2N3O6S/c1-4-20-38-35(42)31(21-25-8-6-5-7-9-25)39(23-26-10-12-27(36)13-11-26)34(41)24-40(29-16-14-28(37)15-17-29)47(43,44)30-18-19-32(45-2)33(22-30)46-3/h5-19,22,31H,4,20-21,23-24H2,1-3H3,(H,38,42). The van der Waals surface area contributed by atoms with Crippen LogP contribution in [0.4, 0.5) is 14.5 Å². The zero-order valence-electron chi connectivity index (χ0n) is 26.4. The second kappa shape index (κ2) is 16.0. The van der Waals surface area contributed by atoms with Crippen LogP contribution in [0.2, 0.25) is 0 Å². The zero-order chi connectivity index (χ0) is 34.0. The number of ether oxygens (including phenoxy) is 2. The molecule has 1 N–H and O–H groups in total. The summed E-state index contributed by atoms with van der Waals surface area (Å²) >= 11 is 0. The molecule has 0 radical (unpaired) electrons. The predicted octanol–water partition coefficient (Wildman–Crippen LogP) is 5.34. The number of nitrogens with zero attached hydrogens (tertiary/aromatic N) is 2. The summed E-state index contributed by atoms with van der Waals surface area (Å²) in [6.45, 7) is 1.39. The molecule has 4 rings (SSSR count). The Bertz CT molecular complexity index is 1750. The molecule has 1 unspecified atom stereocenters. The second-order valence-corrected chi connectivity index (χ2v) is 12.5. The minimum Gasteiger partial charge on any atom is -0.493 e. The Morgan fingerprint density at radius 1 is 0.809 bits per heavy atom. The smallest absolute Gasteiger partial charge is 0.264 e. The molecule has 2 amide bonds. The number of sulfonamides is 1. The molecule has 0 spiro atoms. The van der Waals surface area contributed by atoms with Crippen molar-refractivity contribution >= 4 is 27.5 Å². The molecule has 0 aliphatic rings. The van der Waals surface area contributed by atoms with Gasteiger partial charge in [-0.15, -0.1) is 0 Å². The number of carbonyl (C=O) groups excluding carboxylic acids is 2. The number of rotatable bonds is 15. The fourth-order valence-corrected chi connectivity index (χ4v) is 6.38. The number of amides is 2. The van der Waals surface area contributed by atoms with Gasteiger partial charge in [-0.2, -0.15) is 0 Å². The lowest BCUT2D eigenvalue weighted by molar-refractivity contribution is -0.140. The number of anilines is 1. The number of nitrogens with one attached hydrogen (secondary N) is 1. The van der Waals surface area contributed by atoms with Crippen molar-refractivity contribution in [2.75, 3.05) is 31.6 Å². The molecule has 4 aromatic carbocycles. The van der Waals surface area contributed by atoms with E-state index in [0.29, 0.717) is 24.3 Å². The van der Waals surface area contributed by atoms with Gasteiger partial charge in [0.05, 0.1) is 24.8 Å². The molecule has 12 heteroatoms. The molecule has 0 aromatic heterocycles. The van der Waals surface area contributed by atoms with Crippen LogP contribution < -0.4 is 19.1 Å². The Balaban J connectivity index is 1.81. The number of carbonyl (C=O) groups is 2. The molecule has 1 atom stereocenters. The third kappa shape index (κ3) is 8.85. The van der Waals surface area contributed by atoms with Crippen molar-refractivity contribution in [3.05, 3.63) is 120 Å². The lowest BCUT2D eigenvalue weighted by Gasteiger charge is -2.34. The van der Waals surface area contributed by atoms with Crippen LogP contribution in [-0.4, -0.2) is 58.5 Å². The van der Waals surface area contributed by atoms with E-state index in [1.807, 2.05) is 37.3 Å². The van der Waals surface area contributed by atoms with Crippen LogP contribution in [0.25, 0.3) is 0 Å². The van der Waals surface area contributed by atoms with Gasteiger partial charge < -0.3 is 19.7 Å². The Morgan fingerprint density at radius 3 is 2.02 bits per heavy atom. The highest BCUT2D eigenvalue weighted by Crippen LogP contribution is 2.32. The van der Waals surface area contributed by atoms with E-state index in [1.54, 1.807) is 0 Å². The summed E-state index contributed by atoms with van der Waals surface area (Å²) in [5.41, 5.74) is 1.32. The van der Waals surface area contributed by atoms with Crippen LogP contribution in [0.15, 0.2) is 102 Å². The van der Waals surface area contributed by atoms with Crippen molar-refractivity contribution in [2.45, 2.75) is 37.2 Å². The second-order valence-electron chi connectivity index (χ2n) is 10.6. The maximum atomic E-state index is 14.4. The third-order valence-electron chi connectivity index (χ3n) is 7.42. The molecule has 0 fully saturated rings. The van der Waals surface area contributed by atoms with Crippen molar-refractivity contribution in [2.24, 2.45) is 0 Å². The molecule has 9 nitrogen and oxygen atoms in total. The molecule has 0 aliphatic heterocycles. The lowest BCUT2D eigenvalue weighted by Crippen LogP contribution is -2.53. The summed E-state index contributed by atoms with van der Waals surface area (Å²) in [5.74, 6) is -1.78. The van der Waals surface area contributed by atoms with Gasteiger partial charge in [0.15, 0.2) is 11.5 Å². The topological polar surface area (TPSA) is 105 Å². The molecule has 0 heterocycles. The highest BCUT2D eigenvalue weighted by Gasteiger charge is 2.35. The number of benzene rings is 4. The zero-order valence-corrected chi connectivity index (χ0v) is 27.2. The monoisotopic (exact) mass is 665 g/mol. The van der Waals surface area contributed by atoms with Gasteiger partial charge in [0.1, 0.15) is 24.2 Å². The molecule has 0 saturated heterocycles. The summed E-state index contributed by atoms with van der Waals surface area (Å²) in [5, 5.41) is 2.86. The maximum absolute atomic E-state index is 14.4. The molecule has 4 aromatic rings. The first-order valence-electron chi connectivity index (χ1n) is 14.9. The quantitative estimate of drug-likeness (QED) is 0.184. The van der Waals surface area contributed by atoms with Gasteiger partial charge in [-0.1, -0.05) is 49.4 Å². The molecule has 0 saturated carbocycles. The summed E-state index contributed by atoms with van der Waals surface area (Å²) in [6.07, 6.45) is 0.778. The first kappa shape index (κ1) is 34.9. The van der Waals surface area contributed by atoms with Gasteiger partial charge in [0.25, 0.3) is 10.0 Å². The normalized spacial score (nSPS) is 11.8. The van der Waals surface area contributed by atoms with Crippen LogP contribution in [0, 0.1) is 11.6 Å². The van der Waals surface area contributed by atoms with Crippen molar-refractivity contribution in [1.29, 1.82) is 0 Å².